The third-order valence-electron chi connectivity index (χ3n) is 4.23. The summed E-state index contributed by atoms with van der Waals surface area (Å²) in [7, 11) is 2.16. The molecule has 120 valence electrons. The first kappa shape index (κ1) is 16.1. The van der Waals surface area contributed by atoms with Crippen molar-refractivity contribution in [1.29, 1.82) is 0 Å². The number of piperidine rings is 1. The highest BCUT2D eigenvalue weighted by Crippen LogP contribution is 2.35. The molecule has 0 saturated carbocycles. The van der Waals surface area contributed by atoms with Crippen molar-refractivity contribution in [2.24, 2.45) is 0 Å². The van der Waals surface area contributed by atoms with Crippen LogP contribution in [-0.4, -0.2) is 34.1 Å². The van der Waals surface area contributed by atoms with Crippen LogP contribution in [0.3, 0.4) is 0 Å². The van der Waals surface area contributed by atoms with Crippen molar-refractivity contribution in [3.8, 4) is 0 Å². The van der Waals surface area contributed by atoms with Crippen LogP contribution < -0.4 is 10.2 Å². The number of rotatable bonds is 2. The zero-order valence-electron chi connectivity index (χ0n) is 13.8. The van der Waals surface area contributed by atoms with Gasteiger partial charge in [0.25, 0.3) is 0 Å². The zero-order valence-corrected chi connectivity index (χ0v) is 16.2. The highest BCUT2D eigenvalue weighted by molar-refractivity contribution is 9.10. The van der Waals surface area contributed by atoms with E-state index in [0.29, 0.717) is 6.04 Å². The first-order valence-electron chi connectivity index (χ1n) is 7.60. The average molecular weight is 383 g/mol. The van der Waals surface area contributed by atoms with Crippen molar-refractivity contribution < 1.29 is 0 Å². The van der Waals surface area contributed by atoms with Crippen molar-refractivity contribution >= 4 is 42.7 Å². The third kappa shape index (κ3) is 3.29. The van der Waals surface area contributed by atoms with Gasteiger partial charge in [-0.3, -0.25) is 0 Å². The molecule has 6 heteroatoms. The lowest BCUT2D eigenvalue weighted by molar-refractivity contribution is 0.161. The maximum atomic E-state index is 4.77. The second kappa shape index (κ2) is 5.42. The van der Waals surface area contributed by atoms with Crippen molar-refractivity contribution in [3.63, 3.8) is 0 Å². The lowest BCUT2D eigenvalue weighted by atomic mass is 9.79. The molecular formula is C16H23BrN4S. The summed E-state index contributed by atoms with van der Waals surface area (Å²) in [4.78, 5) is 12.6. The van der Waals surface area contributed by atoms with E-state index >= 15 is 0 Å². The van der Waals surface area contributed by atoms with Gasteiger partial charge < -0.3 is 10.2 Å². The maximum absolute atomic E-state index is 4.77. The van der Waals surface area contributed by atoms with Gasteiger partial charge in [-0.25, -0.2) is 9.97 Å². The van der Waals surface area contributed by atoms with Gasteiger partial charge in [0.1, 0.15) is 15.0 Å². The van der Waals surface area contributed by atoms with Crippen LogP contribution in [-0.2, 0) is 0 Å². The van der Waals surface area contributed by atoms with E-state index in [1.54, 1.807) is 11.3 Å². The van der Waals surface area contributed by atoms with Crippen molar-refractivity contribution in [2.45, 2.75) is 57.7 Å². The largest absolute Gasteiger partial charge is 0.348 e. The molecule has 0 bridgehead atoms. The number of halogens is 1. The highest BCUT2D eigenvalue weighted by atomic mass is 79.9. The van der Waals surface area contributed by atoms with Crippen LogP contribution in [0.25, 0.3) is 10.3 Å². The molecule has 3 heterocycles. The smallest absolute Gasteiger partial charge is 0.187 e. The van der Waals surface area contributed by atoms with Gasteiger partial charge in [-0.15, -0.1) is 0 Å². The number of hydrogen-bond acceptors (Lipinski definition) is 5. The van der Waals surface area contributed by atoms with Crippen LogP contribution in [0.1, 0.15) is 40.5 Å². The Hall–Kier alpha value is -0.720. The quantitative estimate of drug-likeness (QED) is 0.790. The van der Waals surface area contributed by atoms with Gasteiger partial charge >= 0.3 is 0 Å². The van der Waals surface area contributed by atoms with Crippen LogP contribution in [0.5, 0.6) is 0 Å². The Labute approximate surface area is 144 Å². The summed E-state index contributed by atoms with van der Waals surface area (Å²) in [6.45, 7) is 9.13. The molecule has 1 fully saturated rings. The predicted octanol–water partition coefficient (Wildman–Crippen LogP) is 4.20. The van der Waals surface area contributed by atoms with Gasteiger partial charge in [0, 0.05) is 24.2 Å². The molecule has 3 rings (SSSR count). The van der Waals surface area contributed by atoms with E-state index in [9.17, 15) is 0 Å². The fourth-order valence-electron chi connectivity index (χ4n) is 3.63. The molecule has 0 spiro atoms. The van der Waals surface area contributed by atoms with E-state index in [2.05, 4.69) is 65.9 Å². The predicted molar refractivity (Wildman–Crippen MR) is 97.8 cm³/mol. The third-order valence-corrected chi connectivity index (χ3v) is 5.73. The molecule has 2 aromatic rings. The summed E-state index contributed by atoms with van der Waals surface area (Å²) in [5, 5.41) is 4.79. The average Bonchev–Trinajstić information content (AvgIpc) is 2.76. The molecule has 1 saturated heterocycles. The number of nitrogens with one attached hydrogen (secondary N) is 1. The van der Waals surface area contributed by atoms with Crippen molar-refractivity contribution in [2.75, 3.05) is 11.9 Å². The molecule has 1 aliphatic rings. The van der Waals surface area contributed by atoms with Crippen LogP contribution in [0.2, 0.25) is 0 Å². The molecule has 0 aliphatic carbocycles. The van der Waals surface area contributed by atoms with Crippen LogP contribution >= 0.6 is 27.3 Å². The first-order chi connectivity index (χ1) is 10.2. The number of fused-ring (bicyclic) bond motifs is 1. The molecule has 4 nitrogen and oxygen atoms in total. The molecule has 1 N–H and O–H groups in total. The van der Waals surface area contributed by atoms with Gasteiger partial charge in [-0.2, -0.15) is 0 Å². The molecule has 1 aliphatic heterocycles. The van der Waals surface area contributed by atoms with Gasteiger partial charge in [0.15, 0.2) is 5.13 Å². The fraction of sp³-hybridized carbons (Fsp3) is 0.625. The van der Waals surface area contributed by atoms with E-state index in [1.165, 1.54) is 0 Å². The second-order valence-corrected chi connectivity index (χ2v) is 9.29. The summed E-state index contributed by atoms with van der Waals surface area (Å²) >= 11 is 5.10. The Balaban J connectivity index is 1.89. The van der Waals surface area contributed by atoms with E-state index < -0.39 is 0 Å². The number of aromatic nitrogens is 2. The minimum absolute atomic E-state index is 0.138. The van der Waals surface area contributed by atoms with E-state index in [1.807, 2.05) is 12.1 Å². The molecule has 2 aromatic heterocycles. The Bertz CT molecular complexity index is 679. The molecule has 0 aromatic carbocycles. The van der Waals surface area contributed by atoms with Gasteiger partial charge in [-0.05, 0) is 68.6 Å². The number of hydrogen-bond donors (Lipinski definition) is 1. The van der Waals surface area contributed by atoms with Crippen LogP contribution in [0.15, 0.2) is 16.7 Å². The summed E-state index contributed by atoms with van der Waals surface area (Å²) in [6, 6.07) is 4.45. The van der Waals surface area contributed by atoms with Gasteiger partial charge in [0.2, 0.25) is 0 Å². The highest BCUT2D eigenvalue weighted by Gasteiger charge is 2.39. The van der Waals surface area contributed by atoms with Crippen molar-refractivity contribution in [3.05, 3.63) is 16.7 Å². The van der Waals surface area contributed by atoms with E-state index in [4.69, 9.17) is 4.98 Å². The maximum Gasteiger partial charge on any atom is 0.187 e. The fourth-order valence-corrected chi connectivity index (χ4v) is 5.03. The summed E-state index contributed by atoms with van der Waals surface area (Å²) in [5.74, 6) is 0. The number of anilines is 1. The molecular weight excluding hydrogens is 360 g/mol. The molecule has 0 radical (unpaired) electrons. The second-order valence-electron chi connectivity index (χ2n) is 7.52. The summed E-state index contributed by atoms with van der Waals surface area (Å²) < 4.78 is 0.863. The lowest BCUT2D eigenvalue weighted by Crippen LogP contribution is -2.61. The standard InChI is InChI=1S/C16H23BrN4S/c1-15(2)8-10(9-16(3,4)20-15)21(5)14-18-11-6-7-12(17)19-13(11)22-14/h6-7,10,20H,8-9H2,1-5H3. The Morgan fingerprint density at radius 1 is 1.18 bits per heavy atom. The first-order valence-corrected chi connectivity index (χ1v) is 9.21. The topological polar surface area (TPSA) is 41.1 Å². The minimum atomic E-state index is 0.138. The molecule has 0 amide bonds. The van der Waals surface area contributed by atoms with E-state index in [0.717, 1.165) is 32.9 Å². The normalized spacial score (nSPS) is 21.2. The molecule has 22 heavy (non-hydrogen) atoms. The molecule has 0 unspecified atom stereocenters. The van der Waals surface area contributed by atoms with Crippen LogP contribution in [0.4, 0.5) is 5.13 Å². The monoisotopic (exact) mass is 382 g/mol. The van der Waals surface area contributed by atoms with Gasteiger partial charge in [-0.1, -0.05) is 11.3 Å². The number of nitrogens with zero attached hydrogens (tertiary/aromatic N) is 3. The summed E-state index contributed by atoms with van der Waals surface area (Å²) in [6.07, 6.45) is 2.22. The lowest BCUT2D eigenvalue weighted by Gasteiger charge is -2.48. The SMILES string of the molecule is CN(c1nc2ccc(Br)nc2s1)C1CC(C)(C)NC(C)(C)C1. The number of pyridine rings is 1. The number of thiazole rings is 1. The minimum Gasteiger partial charge on any atom is -0.348 e. The molecule has 0 atom stereocenters. The van der Waals surface area contributed by atoms with Gasteiger partial charge in [0.05, 0.1) is 0 Å². The van der Waals surface area contributed by atoms with Crippen molar-refractivity contribution in [1.82, 2.24) is 15.3 Å². The van der Waals surface area contributed by atoms with E-state index in [-0.39, 0.29) is 11.1 Å². The Kier molecular flexibility index (Phi) is 3.98. The Morgan fingerprint density at radius 3 is 2.45 bits per heavy atom. The zero-order chi connectivity index (χ0) is 16.1. The Morgan fingerprint density at radius 2 is 1.82 bits per heavy atom. The van der Waals surface area contributed by atoms with Crippen LogP contribution in [0, 0.1) is 0 Å². The summed E-state index contributed by atoms with van der Waals surface area (Å²) in [5.41, 5.74) is 1.25.